The lowest BCUT2D eigenvalue weighted by Gasteiger charge is -2.12. The molecule has 0 heterocycles. The number of carbonyl (C=O) groups is 1. The van der Waals surface area contributed by atoms with Crippen molar-refractivity contribution in [1.82, 2.24) is 0 Å². The highest BCUT2D eigenvalue weighted by atomic mass is 79.9. The number of rotatable bonds is 3. The minimum Gasteiger partial charge on any atom is -0.508 e. The number of aryl methyl sites for hydroxylation is 1. The van der Waals surface area contributed by atoms with Gasteiger partial charge in [-0.05, 0) is 42.3 Å². The minimum atomic E-state index is -0.173. The summed E-state index contributed by atoms with van der Waals surface area (Å²) in [4.78, 5) is 12.0. The Kier molecular flexibility index (Phi) is 4.29. The van der Waals surface area contributed by atoms with Gasteiger partial charge >= 0.3 is 0 Å². The second-order valence-corrected chi connectivity index (χ2v) is 5.50. The quantitative estimate of drug-likeness (QED) is 0.754. The first-order valence-electron chi connectivity index (χ1n) is 6.09. The third-order valence-electron chi connectivity index (χ3n) is 2.87. The molecule has 0 unspecified atom stereocenters. The number of nitrogens with one attached hydrogen (secondary N) is 1. The molecular weight excluding hydrogens is 320 g/mol. The first-order chi connectivity index (χ1) is 9.45. The SMILES string of the molecule is Cc1cc(Br)cc(N)c1NC(=O)Cc1cccc(O)c1. The summed E-state index contributed by atoms with van der Waals surface area (Å²) in [6.45, 7) is 1.88. The third kappa shape index (κ3) is 3.51. The van der Waals surface area contributed by atoms with Gasteiger partial charge in [-0.15, -0.1) is 0 Å². The molecule has 0 spiro atoms. The predicted molar refractivity (Wildman–Crippen MR) is 83.7 cm³/mol. The van der Waals surface area contributed by atoms with Crippen LogP contribution in [0, 0.1) is 6.92 Å². The van der Waals surface area contributed by atoms with Crippen LogP contribution in [-0.4, -0.2) is 11.0 Å². The Bertz CT molecular complexity index is 633. The second kappa shape index (κ2) is 5.96. The highest BCUT2D eigenvalue weighted by Crippen LogP contribution is 2.28. The number of halogens is 1. The van der Waals surface area contributed by atoms with Crippen LogP contribution in [0.5, 0.6) is 5.75 Å². The lowest BCUT2D eigenvalue weighted by Crippen LogP contribution is -2.16. The number of benzene rings is 2. The average Bonchev–Trinajstić information content (AvgIpc) is 2.33. The van der Waals surface area contributed by atoms with Gasteiger partial charge in [-0.2, -0.15) is 0 Å². The molecule has 5 heteroatoms. The first kappa shape index (κ1) is 14.4. The zero-order valence-corrected chi connectivity index (χ0v) is 12.6. The first-order valence-corrected chi connectivity index (χ1v) is 6.88. The third-order valence-corrected chi connectivity index (χ3v) is 3.33. The smallest absolute Gasteiger partial charge is 0.228 e. The fraction of sp³-hybridized carbons (Fsp3) is 0.133. The van der Waals surface area contributed by atoms with Gasteiger partial charge in [0.25, 0.3) is 0 Å². The maximum atomic E-state index is 12.0. The Hall–Kier alpha value is -2.01. The molecule has 2 rings (SSSR count). The Morgan fingerprint density at radius 1 is 1.35 bits per heavy atom. The van der Waals surface area contributed by atoms with Crippen LogP contribution in [0.4, 0.5) is 11.4 Å². The summed E-state index contributed by atoms with van der Waals surface area (Å²) in [5.74, 6) is -0.0256. The second-order valence-electron chi connectivity index (χ2n) is 4.58. The maximum absolute atomic E-state index is 12.0. The molecule has 0 saturated heterocycles. The molecule has 2 aromatic carbocycles. The van der Waals surface area contributed by atoms with Gasteiger partial charge in [0.1, 0.15) is 5.75 Å². The number of hydrogen-bond donors (Lipinski definition) is 3. The van der Waals surface area contributed by atoms with Gasteiger partial charge in [-0.1, -0.05) is 28.1 Å². The number of carbonyl (C=O) groups excluding carboxylic acids is 1. The number of nitrogen functional groups attached to an aromatic ring is 1. The van der Waals surface area contributed by atoms with Gasteiger partial charge in [-0.3, -0.25) is 4.79 Å². The average molecular weight is 335 g/mol. The summed E-state index contributed by atoms with van der Waals surface area (Å²) in [7, 11) is 0. The van der Waals surface area contributed by atoms with Crippen LogP contribution < -0.4 is 11.1 Å². The van der Waals surface area contributed by atoms with Crippen LogP contribution >= 0.6 is 15.9 Å². The maximum Gasteiger partial charge on any atom is 0.228 e. The molecule has 0 aromatic heterocycles. The largest absolute Gasteiger partial charge is 0.508 e. The molecule has 0 atom stereocenters. The summed E-state index contributed by atoms with van der Waals surface area (Å²) in [6.07, 6.45) is 0.184. The predicted octanol–water partition coefficient (Wildman–Crippen LogP) is 3.23. The molecule has 104 valence electrons. The van der Waals surface area contributed by atoms with Crippen molar-refractivity contribution in [3.63, 3.8) is 0 Å². The van der Waals surface area contributed by atoms with E-state index < -0.39 is 0 Å². The van der Waals surface area contributed by atoms with Crippen molar-refractivity contribution in [2.45, 2.75) is 13.3 Å². The number of hydrogen-bond acceptors (Lipinski definition) is 3. The summed E-state index contributed by atoms with van der Waals surface area (Å²) in [5.41, 5.74) is 8.68. The zero-order valence-electron chi connectivity index (χ0n) is 11.0. The van der Waals surface area contributed by atoms with E-state index in [4.69, 9.17) is 5.73 Å². The van der Waals surface area contributed by atoms with E-state index in [0.29, 0.717) is 11.4 Å². The van der Waals surface area contributed by atoms with E-state index in [9.17, 15) is 9.90 Å². The number of aromatic hydroxyl groups is 1. The van der Waals surface area contributed by atoms with Gasteiger partial charge < -0.3 is 16.2 Å². The lowest BCUT2D eigenvalue weighted by atomic mass is 10.1. The molecule has 0 bridgehead atoms. The molecule has 0 radical (unpaired) electrons. The summed E-state index contributed by atoms with van der Waals surface area (Å²) >= 11 is 3.35. The Morgan fingerprint density at radius 2 is 2.10 bits per heavy atom. The molecule has 0 saturated carbocycles. The molecular formula is C15H15BrN2O2. The van der Waals surface area contributed by atoms with Crippen LogP contribution in [0.2, 0.25) is 0 Å². The van der Waals surface area contributed by atoms with Crippen molar-refractivity contribution < 1.29 is 9.90 Å². The van der Waals surface area contributed by atoms with Gasteiger partial charge in [0.05, 0.1) is 17.8 Å². The fourth-order valence-electron chi connectivity index (χ4n) is 1.98. The van der Waals surface area contributed by atoms with Crippen LogP contribution in [0.1, 0.15) is 11.1 Å². The van der Waals surface area contributed by atoms with Gasteiger partial charge in [0.2, 0.25) is 5.91 Å². The Labute approximate surface area is 125 Å². The Morgan fingerprint density at radius 3 is 2.75 bits per heavy atom. The van der Waals surface area contributed by atoms with E-state index in [0.717, 1.165) is 15.6 Å². The topological polar surface area (TPSA) is 75.3 Å². The van der Waals surface area contributed by atoms with Gasteiger partial charge in [0, 0.05) is 4.47 Å². The lowest BCUT2D eigenvalue weighted by molar-refractivity contribution is -0.115. The number of amides is 1. The standard InChI is InChI=1S/C15H15BrN2O2/c1-9-5-11(16)8-13(17)15(9)18-14(20)7-10-3-2-4-12(19)6-10/h2-6,8,19H,7,17H2,1H3,(H,18,20). The molecule has 0 aliphatic carbocycles. The van der Waals surface area contributed by atoms with Gasteiger partial charge in [0.15, 0.2) is 0 Å². The minimum absolute atomic E-state index is 0.148. The molecule has 20 heavy (non-hydrogen) atoms. The zero-order chi connectivity index (χ0) is 14.7. The molecule has 2 aromatic rings. The van der Waals surface area contributed by atoms with Crippen molar-refractivity contribution >= 4 is 33.2 Å². The van der Waals surface area contributed by atoms with Crippen LogP contribution in [0.25, 0.3) is 0 Å². The normalized spacial score (nSPS) is 10.3. The molecule has 0 aliphatic heterocycles. The van der Waals surface area contributed by atoms with E-state index in [-0.39, 0.29) is 18.1 Å². The monoisotopic (exact) mass is 334 g/mol. The highest BCUT2D eigenvalue weighted by Gasteiger charge is 2.10. The molecule has 1 amide bonds. The van der Waals surface area contributed by atoms with Crippen LogP contribution in [0.15, 0.2) is 40.9 Å². The summed E-state index contributed by atoms with van der Waals surface area (Å²) < 4.78 is 0.874. The van der Waals surface area contributed by atoms with Gasteiger partial charge in [-0.25, -0.2) is 0 Å². The highest BCUT2D eigenvalue weighted by molar-refractivity contribution is 9.10. The van der Waals surface area contributed by atoms with Crippen LogP contribution in [0.3, 0.4) is 0 Å². The molecule has 4 nitrogen and oxygen atoms in total. The van der Waals surface area contributed by atoms with E-state index in [2.05, 4.69) is 21.2 Å². The molecule has 0 aliphatic rings. The fourth-order valence-corrected chi connectivity index (χ4v) is 2.57. The van der Waals surface area contributed by atoms with Crippen molar-refractivity contribution in [2.75, 3.05) is 11.1 Å². The van der Waals surface area contributed by atoms with E-state index in [1.165, 1.54) is 0 Å². The Balaban J connectivity index is 2.13. The molecule has 4 N–H and O–H groups in total. The summed E-state index contributed by atoms with van der Waals surface area (Å²) in [6, 6.07) is 10.3. The number of anilines is 2. The van der Waals surface area contributed by atoms with Crippen LogP contribution in [-0.2, 0) is 11.2 Å². The number of nitrogens with two attached hydrogens (primary N) is 1. The number of phenolic OH excluding ortho intramolecular Hbond substituents is 1. The number of phenols is 1. The van der Waals surface area contributed by atoms with E-state index >= 15 is 0 Å². The van der Waals surface area contributed by atoms with Crippen molar-refractivity contribution in [1.29, 1.82) is 0 Å². The molecule has 0 fully saturated rings. The van der Waals surface area contributed by atoms with E-state index in [1.807, 2.05) is 13.0 Å². The van der Waals surface area contributed by atoms with Crippen molar-refractivity contribution in [3.05, 3.63) is 52.0 Å². The summed E-state index contributed by atoms with van der Waals surface area (Å²) in [5, 5.41) is 12.2. The van der Waals surface area contributed by atoms with Crippen molar-refractivity contribution in [2.24, 2.45) is 0 Å². The van der Waals surface area contributed by atoms with E-state index in [1.54, 1.807) is 30.3 Å². The van der Waals surface area contributed by atoms with Crippen molar-refractivity contribution in [3.8, 4) is 5.75 Å².